The van der Waals surface area contributed by atoms with Crippen molar-refractivity contribution in [2.75, 3.05) is 18.5 Å². The molecule has 1 saturated carbocycles. The number of aromatic nitrogens is 2. The van der Waals surface area contributed by atoms with E-state index in [0.717, 1.165) is 12.5 Å². The monoisotopic (exact) mass is 252 g/mol. The standard InChI is InChI=1S/C13H24N4O/c1-4-14-9-12-15-16-13(18-12)17(3)11-7-5-10(2)6-8-11/h10-11,14H,4-9H2,1-3H3. The van der Waals surface area contributed by atoms with Gasteiger partial charge in [-0.1, -0.05) is 18.9 Å². The van der Waals surface area contributed by atoms with E-state index in [9.17, 15) is 0 Å². The molecule has 0 spiro atoms. The van der Waals surface area contributed by atoms with Crippen LogP contribution in [0.5, 0.6) is 0 Å². The fraction of sp³-hybridized carbons (Fsp3) is 0.846. The molecule has 18 heavy (non-hydrogen) atoms. The van der Waals surface area contributed by atoms with Gasteiger partial charge in [0.1, 0.15) is 0 Å². The lowest BCUT2D eigenvalue weighted by atomic mass is 9.87. The summed E-state index contributed by atoms with van der Waals surface area (Å²) in [6.45, 7) is 5.96. The van der Waals surface area contributed by atoms with Crippen molar-refractivity contribution in [1.29, 1.82) is 0 Å². The van der Waals surface area contributed by atoms with Crippen LogP contribution in [0.4, 0.5) is 6.01 Å². The summed E-state index contributed by atoms with van der Waals surface area (Å²) in [4.78, 5) is 2.15. The third kappa shape index (κ3) is 3.22. The van der Waals surface area contributed by atoms with Gasteiger partial charge in [-0.3, -0.25) is 0 Å². The summed E-state index contributed by atoms with van der Waals surface area (Å²) in [5, 5.41) is 11.4. The van der Waals surface area contributed by atoms with Gasteiger partial charge in [0.25, 0.3) is 0 Å². The van der Waals surface area contributed by atoms with Crippen LogP contribution in [0.1, 0.15) is 45.4 Å². The Hall–Kier alpha value is -1.10. The van der Waals surface area contributed by atoms with E-state index in [1.807, 2.05) is 0 Å². The number of rotatable bonds is 5. The molecular weight excluding hydrogens is 228 g/mol. The van der Waals surface area contributed by atoms with E-state index < -0.39 is 0 Å². The van der Waals surface area contributed by atoms with Gasteiger partial charge in [0.15, 0.2) is 0 Å². The molecule has 1 fully saturated rings. The maximum Gasteiger partial charge on any atom is 0.318 e. The highest BCUT2D eigenvalue weighted by atomic mass is 16.4. The van der Waals surface area contributed by atoms with Gasteiger partial charge in [-0.05, 0) is 38.1 Å². The van der Waals surface area contributed by atoms with Gasteiger partial charge in [-0.25, -0.2) is 0 Å². The maximum absolute atomic E-state index is 5.67. The second kappa shape index (κ2) is 6.18. The van der Waals surface area contributed by atoms with Crippen LogP contribution in [-0.4, -0.2) is 29.8 Å². The Morgan fingerprint density at radius 1 is 1.28 bits per heavy atom. The molecule has 1 aromatic heterocycles. The van der Waals surface area contributed by atoms with Crippen LogP contribution >= 0.6 is 0 Å². The van der Waals surface area contributed by atoms with E-state index in [4.69, 9.17) is 4.42 Å². The normalized spacial score (nSPS) is 24.2. The van der Waals surface area contributed by atoms with Crippen molar-refractivity contribution in [3.63, 3.8) is 0 Å². The summed E-state index contributed by atoms with van der Waals surface area (Å²) in [6, 6.07) is 1.20. The van der Waals surface area contributed by atoms with Crippen molar-refractivity contribution in [2.24, 2.45) is 5.92 Å². The topological polar surface area (TPSA) is 54.2 Å². The first-order valence-electron chi connectivity index (χ1n) is 6.96. The molecule has 2 rings (SSSR count). The summed E-state index contributed by atoms with van der Waals surface area (Å²) in [5.74, 6) is 1.53. The zero-order valence-electron chi connectivity index (χ0n) is 11.6. The number of nitrogens with zero attached hydrogens (tertiary/aromatic N) is 3. The van der Waals surface area contributed by atoms with E-state index in [1.54, 1.807) is 0 Å². The molecule has 1 aliphatic rings. The third-order valence-electron chi connectivity index (χ3n) is 3.82. The fourth-order valence-electron chi connectivity index (χ4n) is 2.48. The highest BCUT2D eigenvalue weighted by Crippen LogP contribution is 2.28. The SMILES string of the molecule is CCNCc1nnc(N(C)C2CCC(C)CC2)o1. The molecule has 5 heteroatoms. The van der Waals surface area contributed by atoms with Crippen LogP contribution < -0.4 is 10.2 Å². The summed E-state index contributed by atoms with van der Waals surface area (Å²) in [5.41, 5.74) is 0. The molecular formula is C13H24N4O. The number of hydrogen-bond donors (Lipinski definition) is 1. The molecule has 0 unspecified atom stereocenters. The second-order valence-corrected chi connectivity index (χ2v) is 5.28. The first-order chi connectivity index (χ1) is 8.70. The molecule has 5 nitrogen and oxygen atoms in total. The second-order valence-electron chi connectivity index (χ2n) is 5.28. The third-order valence-corrected chi connectivity index (χ3v) is 3.82. The van der Waals surface area contributed by atoms with Crippen LogP contribution in [0.15, 0.2) is 4.42 Å². The Morgan fingerprint density at radius 3 is 2.67 bits per heavy atom. The quantitative estimate of drug-likeness (QED) is 0.870. The van der Waals surface area contributed by atoms with Crippen molar-refractivity contribution < 1.29 is 4.42 Å². The van der Waals surface area contributed by atoms with Crippen molar-refractivity contribution in [1.82, 2.24) is 15.5 Å². The number of nitrogens with one attached hydrogen (secondary N) is 1. The van der Waals surface area contributed by atoms with Crippen LogP contribution in [0, 0.1) is 5.92 Å². The minimum absolute atomic E-state index is 0.550. The van der Waals surface area contributed by atoms with Crippen LogP contribution in [0.2, 0.25) is 0 Å². The van der Waals surface area contributed by atoms with Crippen LogP contribution in [-0.2, 0) is 6.54 Å². The van der Waals surface area contributed by atoms with Crippen molar-refractivity contribution in [3.8, 4) is 0 Å². The highest BCUT2D eigenvalue weighted by molar-refractivity contribution is 5.24. The lowest BCUT2D eigenvalue weighted by Crippen LogP contribution is -2.35. The Morgan fingerprint density at radius 2 is 2.00 bits per heavy atom. The zero-order valence-corrected chi connectivity index (χ0v) is 11.6. The van der Waals surface area contributed by atoms with E-state index in [2.05, 4.69) is 41.3 Å². The minimum Gasteiger partial charge on any atom is -0.407 e. The fourth-order valence-corrected chi connectivity index (χ4v) is 2.48. The molecule has 0 amide bonds. The zero-order chi connectivity index (χ0) is 13.0. The Kier molecular flexibility index (Phi) is 4.58. The molecule has 1 aliphatic carbocycles. The predicted octanol–water partition coefficient (Wildman–Crippen LogP) is 2.19. The molecule has 0 aliphatic heterocycles. The van der Waals surface area contributed by atoms with E-state index >= 15 is 0 Å². The number of hydrogen-bond acceptors (Lipinski definition) is 5. The highest BCUT2D eigenvalue weighted by Gasteiger charge is 2.24. The van der Waals surface area contributed by atoms with Gasteiger partial charge in [0.05, 0.1) is 6.54 Å². The molecule has 1 aromatic rings. The van der Waals surface area contributed by atoms with Gasteiger partial charge in [-0.2, -0.15) is 0 Å². The first-order valence-corrected chi connectivity index (χ1v) is 6.96. The summed E-state index contributed by atoms with van der Waals surface area (Å²) in [6.07, 6.45) is 5.05. The molecule has 1 heterocycles. The summed E-state index contributed by atoms with van der Waals surface area (Å²) < 4.78 is 5.67. The van der Waals surface area contributed by atoms with Gasteiger partial charge in [0.2, 0.25) is 5.89 Å². The van der Waals surface area contributed by atoms with E-state index in [-0.39, 0.29) is 0 Å². The van der Waals surface area contributed by atoms with Gasteiger partial charge >= 0.3 is 6.01 Å². The van der Waals surface area contributed by atoms with Crippen molar-refractivity contribution in [3.05, 3.63) is 5.89 Å². The molecule has 0 saturated heterocycles. The number of anilines is 1. The summed E-state index contributed by atoms with van der Waals surface area (Å²) in [7, 11) is 2.06. The average molecular weight is 252 g/mol. The van der Waals surface area contributed by atoms with Gasteiger partial charge < -0.3 is 14.6 Å². The van der Waals surface area contributed by atoms with Crippen molar-refractivity contribution in [2.45, 2.75) is 52.1 Å². The van der Waals surface area contributed by atoms with Gasteiger partial charge in [0, 0.05) is 13.1 Å². The molecule has 0 bridgehead atoms. The largest absolute Gasteiger partial charge is 0.407 e. The average Bonchev–Trinajstić information content (AvgIpc) is 2.85. The first kappa shape index (κ1) is 13.3. The van der Waals surface area contributed by atoms with E-state index in [1.165, 1.54) is 25.7 Å². The van der Waals surface area contributed by atoms with Crippen LogP contribution in [0.25, 0.3) is 0 Å². The Bertz CT molecular complexity index is 358. The Balaban J connectivity index is 1.91. The predicted molar refractivity (Wildman–Crippen MR) is 71.5 cm³/mol. The smallest absolute Gasteiger partial charge is 0.318 e. The molecule has 0 atom stereocenters. The van der Waals surface area contributed by atoms with Crippen molar-refractivity contribution >= 4 is 6.01 Å². The van der Waals surface area contributed by atoms with E-state index in [0.29, 0.717) is 24.5 Å². The lowest BCUT2D eigenvalue weighted by Gasteiger charge is -2.32. The Labute approximate surface area is 109 Å². The molecule has 102 valence electrons. The molecule has 0 radical (unpaired) electrons. The summed E-state index contributed by atoms with van der Waals surface area (Å²) >= 11 is 0. The van der Waals surface area contributed by atoms with Crippen LogP contribution in [0.3, 0.4) is 0 Å². The maximum atomic E-state index is 5.67. The van der Waals surface area contributed by atoms with Gasteiger partial charge in [-0.15, -0.1) is 5.10 Å². The minimum atomic E-state index is 0.550. The molecule has 0 aromatic carbocycles. The lowest BCUT2D eigenvalue weighted by molar-refractivity contribution is 0.330. The molecule has 1 N–H and O–H groups in total.